The minimum atomic E-state index is -0.0231. The molecule has 1 heterocycles. The first-order chi connectivity index (χ1) is 5.87. The van der Waals surface area contributed by atoms with Crippen molar-refractivity contribution in [2.24, 2.45) is 5.73 Å². The highest BCUT2D eigenvalue weighted by Crippen LogP contribution is 2.22. The van der Waals surface area contributed by atoms with Gasteiger partial charge in [-0.05, 0) is 27.7 Å². The third-order valence-corrected chi connectivity index (χ3v) is 2.78. The van der Waals surface area contributed by atoms with Crippen LogP contribution < -0.4 is 5.73 Å². The van der Waals surface area contributed by atoms with Gasteiger partial charge in [-0.25, -0.2) is 0 Å². The maximum Gasteiger partial charge on any atom is 0.0753 e. The van der Waals surface area contributed by atoms with Gasteiger partial charge in [0.05, 0.1) is 12.2 Å². The van der Waals surface area contributed by atoms with Crippen LogP contribution in [0, 0.1) is 0 Å². The van der Waals surface area contributed by atoms with Gasteiger partial charge in [-0.3, -0.25) is 4.90 Å². The molecule has 1 rings (SSSR count). The molecule has 78 valence electrons. The Labute approximate surface area is 81.2 Å². The molecule has 1 aliphatic heterocycles. The van der Waals surface area contributed by atoms with Gasteiger partial charge >= 0.3 is 0 Å². The standard InChI is InChI=1S/C10H22N2O/c1-9(2,7-11)12-5-6-13-10(3,4)8-12/h5-8,11H2,1-4H3. The van der Waals surface area contributed by atoms with Crippen molar-refractivity contribution >= 4 is 0 Å². The van der Waals surface area contributed by atoms with Gasteiger partial charge in [-0.2, -0.15) is 0 Å². The van der Waals surface area contributed by atoms with Gasteiger partial charge < -0.3 is 10.5 Å². The Morgan fingerprint density at radius 3 is 2.54 bits per heavy atom. The Hall–Kier alpha value is -0.120. The molecule has 0 saturated carbocycles. The van der Waals surface area contributed by atoms with E-state index in [1.54, 1.807) is 0 Å². The van der Waals surface area contributed by atoms with Gasteiger partial charge in [0.2, 0.25) is 0 Å². The molecule has 3 nitrogen and oxygen atoms in total. The van der Waals surface area contributed by atoms with Crippen LogP contribution in [0.15, 0.2) is 0 Å². The first-order valence-corrected chi connectivity index (χ1v) is 4.96. The van der Waals surface area contributed by atoms with Crippen LogP contribution in [0.25, 0.3) is 0 Å². The molecule has 0 spiro atoms. The Bertz CT molecular complexity index is 178. The molecule has 3 heteroatoms. The molecule has 0 aromatic heterocycles. The lowest BCUT2D eigenvalue weighted by molar-refractivity contribution is -0.109. The van der Waals surface area contributed by atoms with Crippen molar-refractivity contribution in [3.8, 4) is 0 Å². The highest BCUT2D eigenvalue weighted by Gasteiger charge is 2.34. The van der Waals surface area contributed by atoms with E-state index in [-0.39, 0.29) is 11.1 Å². The van der Waals surface area contributed by atoms with Gasteiger partial charge in [0, 0.05) is 25.2 Å². The quantitative estimate of drug-likeness (QED) is 0.694. The summed E-state index contributed by atoms with van der Waals surface area (Å²) in [5.41, 5.74) is 5.82. The van der Waals surface area contributed by atoms with Crippen molar-refractivity contribution in [3.05, 3.63) is 0 Å². The lowest BCUT2D eigenvalue weighted by Crippen LogP contribution is -2.58. The lowest BCUT2D eigenvalue weighted by Gasteiger charge is -2.46. The highest BCUT2D eigenvalue weighted by atomic mass is 16.5. The molecule has 0 aliphatic carbocycles. The second-order valence-corrected chi connectivity index (χ2v) is 5.05. The summed E-state index contributed by atoms with van der Waals surface area (Å²) in [4.78, 5) is 2.41. The fourth-order valence-corrected chi connectivity index (χ4v) is 1.66. The van der Waals surface area contributed by atoms with Crippen LogP contribution in [0.4, 0.5) is 0 Å². The Morgan fingerprint density at radius 2 is 2.08 bits per heavy atom. The topological polar surface area (TPSA) is 38.5 Å². The molecule has 0 radical (unpaired) electrons. The second-order valence-electron chi connectivity index (χ2n) is 5.05. The summed E-state index contributed by atoms with van der Waals surface area (Å²) in [5.74, 6) is 0. The van der Waals surface area contributed by atoms with Gasteiger partial charge in [0.1, 0.15) is 0 Å². The van der Waals surface area contributed by atoms with E-state index >= 15 is 0 Å². The zero-order valence-corrected chi connectivity index (χ0v) is 9.26. The number of hydrogen-bond acceptors (Lipinski definition) is 3. The summed E-state index contributed by atoms with van der Waals surface area (Å²) in [6.07, 6.45) is 0. The number of morpholine rings is 1. The van der Waals surface area contributed by atoms with Crippen LogP contribution in [-0.4, -0.2) is 42.3 Å². The Morgan fingerprint density at radius 1 is 1.46 bits per heavy atom. The molecule has 13 heavy (non-hydrogen) atoms. The average molecular weight is 186 g/mol. The van der Waals surface area contributed by atoms with E-state index in [2.05, 4.69) is 32.6 Å². The zero-order valence-electron chi connectivity index (χ0n) is 9.26. The Kier molecular flexibility index (Phi) is 3.00. The molecule has 0 unspecified atom stereocenters. The van der Waals surface area contributed by atoms with Crippen molar-refractivity contribution in [1.82, 2.24) is 4.90 Å². The molecule has 1 aliphatic rings. The summed E-state index contributed by atoms with van der Waals surface area (Å²) in [7, 11) is 0. The predicted octanol–water partition coefficient (Wildman–Crippen LogP) is 0.835. The van der Waals surface area contributed by atoms with Crippen LogP contribution >= 0.6 is 0 Å². The van der Waals surface area contributed by atoms with E-state index in [0.29, 0.717) is 6.54 Å². The smallest absolute Gasteiger partial charge is 0.0753 e. The zero-order chi connectivity index (χ0) is 10.1. The molecular formula is C10H22N2O. The van der Waals surface area contributed by atoms with E-state index in [0.717, 1.165) is 19.7 Å². The lowest BCUT2D eigenvalue weighted by atomic mass is 9.98. The normalized spacial score (nSPS) is 24.7. The third-order valence-electron chi connectivity index (χ3n) is 2.78. The van der Waals surface area contributed by atoms with Gasteiger partial charge in [0.25, 0.3) is 0 Å². The maximum absolute atomic E-state index is 5.74. The van der Waals surface area contributed by atoms with E-state index in [9.17, 15) is 0 Å². The van der Waals surface area contributed by atoms with Crippen molar-refractivity contribution in [1.29, 1.82) is 0 Å². The number of nitrogens with two attached hydrogens (primary N) is 1. The summed E-state index contributed by atoms with van der Waals surface area (Å²) in [5, 5.41) is 0. The van der Waals surface area contributed by atoms with Gasteiger partial charge in [-0.15, -0.1) is 0 Å². The highest BCUT2D eigenvalue weighted by molar-refractivity contribution is 4.89. The molecule has 2 N–H and O–H groups in total. The van der Waals surface area contributed by atoms with Crippen LogP contribution in [0.1, 0.15) is 27.7 Å². The van der Waals surface area contributed by atoms with Gasteiger partial charge in [-0.1, -0.05) is 0 Å². The number of rotatable bonds is 2. The summed E-state index contributed by atoms with van der Waals surface area (Å²) >= 11 is 0. The van der Waals surface area contributed by atoms with E-state index in [1.807, 2.05) is 0 Å². The largest absolute Gasteiger partial charge is 0.373 e. The molecule has 0 aromatic rings. The van der Waals surface area contributed by atoms with Crippen molar-refractivity contribution in [2.45, 2.75) is 38.8 Å². The molecule has 1 saturated heterocycles. The summed E-state index contributed by atoms with van der Waals surface area (Å²) < 4.78 is 5.65. The second kappa shape index (κ2) is 3.56. The molecule has 0 aromatic carbocycles. The minimum Gasteiger partial charge on any atom is -0.373 e. The van der Waals surface area contributed by atoms with E-state index < -0.39 is 0 Å². The predicted molar refractivity (Wildman–Crippen MR) is 54.7 cm³/mol. The van der Waals surface area contributed by atoms with Crippen molar-refractivity contribution in [2.75, 3.05) is 26.2 Å². The van der Waals surface area contributed by atoms with Crippen LogP contribution in [0.5, 0.6) is 0 Å². The number of ether oxygens (including phenoxy) is 1. The van der Waals surface area contributed by atoms with Crippen molar-refractivity contribution < 1.29 is 4.74 Å². The number of hydrogen-bond donors (Lipinski definition) is 1. The molecule has 0 amide bonds. The summed E-state index contributed by atoms with van der Waals surface area (Å²) in [6, 6.07) is 0. The fraction of sp³-hybridized carbons (Fsp3) is 1.00. The van der Waals surface area contributed by atoms with Crippen LogP contribution in [0.2, 0.25) is 0 Å². The van der Waals surface area contributed by atoms with Crippen LogP contribution in [-0.2, 0) is 4.74 Å². The first-order valence-electron chi connectivity index (χ1n) is 4.96. The molecule has 0 bridgehead atoms. The van der Waals surface area contributed by atoms with Gasteiger partial charge in [0.15, 0.2) is 0 Å². The summed E-state index contributed by atoms with van der Waals surface area (Å²) in [6.45, 7) is 12.1. The monoisotopic (exact) mass is 186 g/mol. The molecule has 1 fully saturated rings. The van der Waals surface area contributed by atoms with E-state index in [4.69, 9.17) is 10.5 Å². The average Bonchev–Trinajstić information content (AvgIpc) is 2.03. The fourth-order valence-electron chi connectivity index (χ4n) is 1.66. The first kappa shape index (κ1) is 11.0. The molecule has 0 atom stereocenters. The SMILES string of the molecule is CC1(C)CN(C(C)(C)CN)CCO1. The third kappa shape index (κ3) is 2.66. The number of nitrogens with zero attached hydrogens (tertiary/aromatic N) is 1. The van der Waals surface area contributed by atoms with Crippen molar-refractivity contribution in [3.63, 3.8) is 0 Å². The minimum absolute atomic E-state index is 0.0231. The molecular weight excluding hydrogens is 164 g/mol. The maximum atomic E-state index is 5.74. The van der Waals surface area contributed by atoms with E-state index in [1.165, 1.54) is 0 Å². The Balaban J connectivity index is 2.61. The van der Waals surface area contributed by atoms with Crippen LogP contribution in [0.3, 0.4) is 0 Å².